The SMILES string of the molecule is OCC(CCSc1ccccc1)c1cccc(Br)c1. The summed E-state index contributed by atoms with van der Waals surface area (Å²) in [5.41, 5.74) is 1.20. The lowest BCUT2D eigenvalue weighted by Crippen LogP contribution is -2.05. The zero-order chi connectivity index (χ0) is 13.5. The number of benzene rings is 2. The fourth-order valence-electron chi connectivity index (χ4n) is 1.96. The van der Waals surface area contributed by atoms with Crippen LogP contribution in [0.2, 0.25) is 0 Å². The molecule has 1 unspecified atom stereocenters. The maximum atomic E-state index is 9.54. The maximum Gasteiger partial charge on any atom is 0.0500 e. The van der Waals surface area contributed by atoms with E-state index in [-0.39, 0.29) is 12.5 Å². The highest BCUT2D eigenvalue weighted by molar-refractivity contribution is 9.10. The Morgan fingerprint density at radius 1 is 1.05 bits per heavy atom. The molecule has 0 aliphatic rings. The van der Waals surface area contributed by atoms with Gasteiger partial charge < -0.3 is 5.11 Å². The van der Waals surface area contributed by atoms with E-state index in [1.165, 1.54) is 10.5 Å². The number of halogens is 1. The molecule has 0 aromatic heterocycles. The van der Waals surface area contributed by atoms with Gasteiger partial charge in [-0.2, -0.15) is 0 Å². The van der Waals surface area contributed by atoms with Gasteiger partial charge in [0, 0.05) is 21.9 Å². The second-order valence-electron chi connectivity index (χ2n) is 4.38. The van der Waals surface area contributed by atoms with Gasteiger partial charge in [-0.3, -0.25) is 0 Å². The first-order valence-electron chi connectivity index (χ1n) is 6.34. The number of aliphatic hydroxyl groups excluding tert-OH is 1. The van der Waals surface area contributed by atoms with Gasteiger partial charge in [-0.25, -0.2) is 0 Å². The Bertz CT molecular complexity index is 501. The first kappa shape index (κ1) is 14.6. The van der Waals surface area contributed by atoms with E-state index in [4.69, 9.17) is 0 Å². The lowest BCUT2D eigenvalue weighted by Gasteiger charge is -2.14. The molecule has 0 spiro atoms. The van der Waals surface area contributed by atoms with Crippen LogP contribution in [-0.2, 0) is 0 Å². The number of rotatable bonds is 6. The predicted molar refractivity (Wildman–Crippen MR) is 85.8 cm³/mol. The van der Waals surface area contributed by atoms with Crippen LogP contribution in [0.1, 0.15) is 17.9 Å². The summed E-state index contributed by atoms with van der Waals surface area (Å²) in [4.78, 5) is 1.29. The lowest BCUT2D eigenvalue weighted by atomic mass is 9.98. The molecule has 0 saturated heterocycles. The molecule has 100 valence electrons. The summed E-state index contributed by atoms with van der Waals surface area (Å²) in [5, 5.41) is 9.54. The zero-order valence-corrected chi connectivity index (χ0v) is 13.0. The molecule has 0 aliphatic carbocycles. The Hall–Kier alpha value is -0.770. The molecule has 2 aromatic rings. The van der Waals surface area contributed by atoms with Crippen LogP contribution in [0, 0.1) is 0 Å². The molecule has 1 N–H and O–H groups in total. The largest absolute Gasteiger partial charge is 0.396 e. The van der Waals surface area contributed by atoms with Crippen molar-refractivity contribution in [3.05, 3.63) is 64.6 Å². The quantitative estimate of drug-likeness (QED) is 0.771. The summed E-state index contributed by atoms with van der Waals surface area (Å²) in [6, 6.07) is 18.6. The highest BCUT2D eigenvalue weighted by Gasteiger charge is 2.10. The molecule has 0 fully saturated rings. The van der Waals surface area contributed by atoms with Gasteiger partial charge in [0.25, 0.3) is 0 Å². The van der Waals surface area contributed by atoms with Crippen molar-refractivity contribution in [1.29, 1.82) is 0 Å². The molecule has 0 heterocycles. The van der Waals surface area contributed by atoms with E-state index in [0.717, 1.165) is 16.6 Å². The zero-order valence-electron chi connectivity index (χ0n) is 10.6. The molecular formula is C16H17BrOS. The van der Waals surface area contributed by atoms with Crippen LogP contribution in [0.4, 0.5) is 0 Å². The van der Waals surface area contributed by atoms with Crippen LogP contribution in [0.5, 0.6) is 0 Å². The third-order valence-corrected chi connectivity index (χ3v) is 4.56. The van der Waals surface area contributed by atoms with Crippen LogP contribution in [0.15, 0.2) is 64.0 Å². The average molecular weight is 337 g/mol. The number of hydrogen-bond acceptors (Lipinski definition) is 2. The summed E-state index contributed by atoms with van der Waals surface area (Å²) < 4.78 is 1.07. The Kier molecular flexibility index (Phi) is 5.95. The topological polar surface area (TPSA) is 20.2 Å². The third-order valence-electron chi connectivity index (χ3n) is 3.02. The fraction of sp³-hybridized carbons (Fsp3) is 0.250. The van der Waals surface area contributed by atoms with Crippen molar-refractivity contribution in [3.63, 3.8) is 0 Å². The molecule has 3 heteroatoms. The van der Waals surface area contributed by atoms with Gasteiger partial charge in [-0.15, -0.1) is 11.8 Å². The summed E-state index contributed by atoms with van der Waals surface area (Å²) in [5.74, 6) is 1.23. The van der Waals surface area contributed by atoms with Crippen molar-refractivity contribution < 1.29 is 5.11 Å². The summed E-state index contributed by atoms with van der Waals surface area (Å²) in [7, 11) is 0. The molecule has 2 rings (SSSR count). The fourth-order valence-corrected chi connectivity index (χ4v) is 3.36. The molecule has 0 saturated carbocycles. The second kappa shape index (κ2) is 7.73. The minimum absolute atomic E-state index is 0.200. The van der Waals surface area contributed by atoms with Gasteiger partial charge in [-0.1, -0.05) is 46.3 Å². The minimum Gasteiger partial charge on any atom is -0.396 e. The van der Waals surface area contributed by atoms with E-state index in [2.05, 4.69) is 52.3 Å². The Morgan fingerprint density at radius 3 is 2.53 bits per heavy atom. The van der Waals surface area contributed by atoms with Crippen molar-refractivity contribution in [2.75, 3.05) is 12.4 Å². The summed E-state index contributed by atoms with van der Waals surface area (Å²) in [6.45, 7) is 0.200. The highest BCUT2D eigenvalue weighted by atomic mass is 79.9. The van der Waals surface area contributed by atoms with Gasteiger partial charge in [0.1, 0.15) is 0 Å². The molecule has 0 bridgehead atoms. The van der Waals surface area contributed by atoms with Gasteiger partial charge >= 0.3 is 0 Å². The highest BCUT2D eigenvalue weighted by Crippen LogP contribution is 2.26. The van der Waals surface area contributed by atoms with Gasteiger partial charge in [0.05, 0.1) is 0 Å². The smallest absolute Gasteiger partial charge is 0.0500 e. The van der Waals surface area contributed by atoms with E-state index in [0.29, 0.717) is 0 Å². The first-order valence-corrected chi connectivity index (χ1v) is 8.11. The van der Waals surface area contributed by atoms with Gasteiger partial charge in [-0.05, 0) is 42.0 Å². The van der Waals surface area contributed by atoms with Crippen LogP contribution in [0.25, 0.3) is 0 Å². The van der Waals surface area contributed by atoms with Gasteiger partial charge in [0.15, 0.2) is 0 Å². The van der Waals surface area contributed by atoms with E-state index < -0.39 is 0 Å². The number of aliphatic hydroxyl groups is 1. The third kappa shape index (κ3) is 4.68. The molecular weight excluding hydrogens is 320 g/mol. The van der Waals surface area contributed by atoms with E-state index in [1.807, 2.05) is 30.0 Å². The van der Waals surface area contributed by atoms with Crippen LogP contribution in [-0.4, -0.2) is 17.5 Å². The molecule has 1 atom stereocenters. The number of hydrogen-bond donors (Lipinski definition) is 1. The van der Waals surface area contributed by atoms with E-state index >= 15 is 0 Å². The van der Waals surface area contributed by atoms with Gasteiger partial charge in [0.2, 0.25) is 0 Å². The number of thioether (sulfide) groups is 1. The monoisotopic (exact) mass is 336 g/mol. The molecule has 0 aliphatic heterocycles. The maximum absolute atomic E-state index is 9.54. The van der Waals surface area contributed by atoms with Crippen LogP contribution in [0.3, 0.4) is 0 Å². The predicted octanol–water partition coefficient (Wildman–Crippen LogP) is 4.71. The normalized spacial score (nSPS) is 12.3. The van der Waals surface area contributed by atoms with Crippen molar-refractivity contribution in [3.8, 4) is 0 Å². The van der Waals surface area contributed by atoms with Crippen molar-refractivity contribution >= 4 is 27.7 Å². The molecule has 2 aromatic carbocycles. The van der Waals surface area contributed by atoms with Crippen molar-refractivity contribution in [1.82, 2.24) is 0 Å². The lowest BCUT2D eigenvalue weighted by molar-refractivity contribution is 0.263. The summed E-state index contributed by atoms with van der Waals surface area (Å²) in [6.07, 6.45) is 0.979. The average Bonchev–Trinajstić information content (AvgIpc) is 2.45. The van der Waals surface area contributed by atoms with Crippen molar-refractivity contribution in [2.24, 2.45) is 0 Å². The Labute approximate surface area is 127 Å². The van der Waals surface area contributed by atoms with E-state index in [9.17, 15) is 5.11 Å². The molecule has 0 amide bonds. The van der Waals surface area contributed by atoms with Crippen LogP contribution < -0.4 is 0 Å². The second-order valence-corrected chi connectivity index (χ2v) is 6.47. The van der Waals surface area contributed by atoms with E-state index in [1.54, 1.807) is 0 Å². The standard InChI is InChI=1S/C16H17BrOS/c17-15-6-4-5-13(11-15)14(12-18)9-10-19-16-7-2-1-3-8-16/h1-8,11,14,18H,9-10,12H2. The Morgan fingerprint density at radius 2 is 1.84 bits per heavy atom. The molecule has 1 nitrogen and oxygen atoms in total. The molecule has 0 radical (unpaired) electrons. The summed E-state index contributed by atoms with van der Waals surface area (Å²) >= 11 is 5.32. The van der Waals surface area contributed by atoms with Crippen molar-refractivity contribution in [2.45, 2.75) is 17.2 Å². The first-order chi connectivity index (χ1) is 9.29. The Balaban J connectivity index is 1.89. The minimum atomic E-state index is 0.200. The molecule has 19 heavy (non-hydrogen) atoms. The van der Waals surface area contributed by atoms with Crippen LogP contribution >= 0.6 is 27.7 Å².